The van der Waals surface area contributed by atoms with Crippen LogP contribution in [0.4, 0.5) is 0 Å². The zero-order chi connectivity index (χ0) is 14.7. The second-order valence-corrected chi connectivity index (χ2v) is 4.15. The van der Waals surface area contributed by atoms with Crippen LogP contribution in [-0.4, -0.2) is 26.9 Å². The number of pyridine rings is 1. The van der Waals surface area contributed by atoms with Crippen molar-refractivity contribution < 1.29 is 14.1 Å². The van der Waals surface area contributed by atoms with Gasteiger partial charge in [0.1, 0.15) is 0 Å². The van der Waals surface area contributed by atoms with E-state index in [0.717, 1.165) is 5.69 Å². The van der Waals surface area contributed by atoms with Crippen LogP contribution in [0.25, 0.3) is 0 Å². The minimum atomic E-state index is -0.811. The van der Waals surface area contributed by atoms with Gasteiger partial charge in [0.25, 0.3) is 5.91 Å². The molecule has 0 radical (unpaired) electrons. The van der Waals surface area contributed by atoms with E-state index < -0.39 is 5.91 Å². The highest BCUT2D eigenvalue weighted by Crippen LogP contribution is 2.06. The number of nitrogens with two attached hydrogens (primary N) is 1. The maximum atomic E-state index is 12.0. The zero-order valence-electron chi connectivity index (χ0n) is 11.0. The second kappa shape index (κ2) is 5.47. The van der Waals surface area contributed by atoms with Crippen LogP contribution in [0.3, 0.4) is 0 Å². The summed E-state index contributed by atoms with van der Waals surface area (Å²) in [7, 11) is 0. The molecule has 2 aromatic heterocycles. The minimum absolute atomic E-state index is 0.0307. The van der Waals surface area contributed by atoms with Gasteiger partial charge in [-0.25, -0.2) is 0 Å². The van der Waals surface area contributed by atoms with Crippen LogP contribution in [0.2, 0.25) is 0 Å². The lowest BCUT2D eigenvalue weighted by Gasteiger charge is -2.05. The predicted molar refractivity (Wildman–Crippen MR) is 67.7 cm³/mol. The van der Waals surface area contributed by atoms with E-state index in [9.17, 15) is 9.59 Å². The standard InChI is InChI=1S/C12H13N5O3/c1-6-3-4-8(7(2)15-6)11(19)14-5-9-16-12(10(13)18)20-17-9/h3-4H,5H2,1-2H3,(H2,13,18)(H,14,19). The highest BCUT2D eigenvalue weighted by molar-refractivity contribution is 5.95. The summed E-state index contributed by atoms with van der Waals surface area (Å²) in [6.45, 7) is 3.63. The third-order valence-corrected chi connectivity index (χ3v) is 2.56. The first kappa shape index (κ1) is 13.7. The lowest BCUT2D eigenvalue weighted by Crippen LogP contribution is -2.24. The molecule has 0 atom stereocenters. The lowest BCUT2D eigenvalue weighted by atomic mass is 10.2. The number of amides is 2. The quantitative estimate of drug-likeness (QED) is 0.816. The average molecular weight is 275 g/mol. The van der Waals surface area contributed by atoms with Gasteiger partial charge in [-0.05, 0) is 26.0 Å². The number of nitrogens with zero attached hydrogens (tertiary/aromatic N) is 3. The van der Waals surface area contributed by atoms with Crippen molar-refractivity contribution in [1.82, 2.24) is 20.4 Å². The number of hydrogen-bond acceptors (Lipinski definition) is 6. The molecule has 0 aliphatic heterocycles. The summed E-state index contributed by atoms with van der Waals surface area (Å²) in [6, 6.07) is 3.44. The Hall–Kier alpha value is -2.77. The molecule has 2 aromatic rings. The van der Waals surface area contributed by atoms with Gasteiger partial charge in [-0.15, -0.1) is 0 Å². The number of aromatic nitrogens is 3. The Morgan fingerprint density at radius 3 is 2.65 bits per heavy atom. The van der Waals surface area contributed by atoms with Gasteiger partial charge in [0.15, 0.2) is 5.82 Å². The summed E-state index contributed by atoms with van der Waals surface area (Å²) in [5.41, 5.74) is 6.91. The Morgan fingerprint density at radius 1 is 1.30 bits per heavy atom. The number of carbonyl (C=O) groups is 2. The molecule has 0 fully saturated rings. The van der Waals surface area contributed by atoms with E-state index >= 15 is 0 Å². The van der Waals surface area contributed by atoms with Gasteiger partial charge in [0.2, 0.25) is 0 Å². The Kier molecular flexibility index (Phi) is 3.74. The summed E-state index contributed by atoms with van der Waals surface area (Å²) in [4.78, 5) is 30.7. The normalized spacial score (nSPS) is 10.3. The summed E-state index contributed by atoms with van der Waals surface area (Å²) in [5, 5.41) is 6.13. The van der Waals surface area contributed by atoms with Crippen LogP contribution in [0.15, 0.2) is 16.7 Å². The first-order valence-electron chi connectivity index (χ1n) is 5.82. The van der Waals surface area contributed by atoms with Crippen molar-refractivity contribution in [2.45, 2.75) is 20.4 Å². The van der Waals surface area contributed by atoms with Crippen molar-refractivity contribution >= 4 is 11.8 Å². The number of rotatable bonds is 4. The SMILES string of the molecule is Cc1ccc(C(=O)NCc2noc(C(N)=O)n2)c(C)n1. The van der Waals surface area contributed by atoms with Crippen LogP contribution in [0, 0.1) is 13.8 Å². The summed E-state index contributed by atoms with van der Waals surface area (Å²) < 4.78 is 4.60. The molecule has 0 saturated carbocycles. The number of primary amides is 1. The van der Waals surface area contributed by atoms with Crippen molar-refractivity contribution in [1.29, 1.82) is 0 Å². The first-order chi connectivity index (χ1) is 9.47. The fourth-order valence-electron chi connectivity index (χ4n) is 1.61. The second-order valence-electron chi connectivity index (χ2n) is 4.15. The van der Waals surface area contributed by atoms with Crippen LogP contribution in [-0.2, 0) is 6.54 Å². The zero-order valence-corrected chi connectivity index (χ0v) is 11.0. The van der Waals surface area contributed by atoms with Crippen LogP contribution < -0.4 is 11.1 Å². The molecule has 8 heteroatoms. The molecular formula is C12H13N5O3. The lowest BCUT2D eigenvalue weighted by molar-refractivity contribution is 0.0943. The van der Waals surface area contributed by atoms with E-state index in [0.29, 0.717) is 11.3 Å². The number of aryl methyl sites for hydroxylation is 2. The van der Waals surface area contributed by atoms with E-state index in [4.69, 9.17) is 5.73 Å². The molecule has 0 bridgehead atoms. The third-order valence-electron chi connectivity index (χ3n) is 2.56. The van der Waals surface area contributed by atoms with Crippen LogP contribution in [0.1, 0.15) is 38.3 Å². The maximum absolute atomic E-state index is 12.0. The van der Waals surface area contributed by atoms with Gasteiger partial charge < -0.3 is 15.6 Å². The molecule has 0 aromatic carbocycles. The van der Waals surface area contributed by atoms with Crippen molar-refractivity contribution in [3.8, 4) is 0 Å². The van der Waals surface area contributed by atoms with Crippen molar-refractivity contribution in [2.24, 2.45) is 5.73 Å². The fraction of sp³-hybridized carbons (Fsp3) is 0.250. The van der Waals surface area contributed by atoms with Gasteiger partial charge in [0, 0.05) is 5.69 Å². The molecule has 104 valence electrons. The first-order valence-corrected chi connectivity index (χ1v) is 5.82. The van der Waals surface area contributed by atoms with E-state index in [1.54, 1.807) is 19.1 Å². The molecule has 0 saturated heterocycles. The molecule has 2 heterocycles. The molecule has 0 unspecified atom stereocenters. The largest absolute Gasteiger partial charge is 0.361 e. The summed E-state index contributed by atoms with van der Waals surface area (Å²) in [5.74, 6) is -1.23. The molecule has 2 rings (SSSR count). The van der Waals surface area contributed by atoms with E-state index in [1.165, 1.54) is 0 Å². The van der Waals surface area contributed by atoms with Gasteiger partial charge in [0.05, 0.1) is 17.8 Å². The van der Waals surface area contributed by atoms with E-state index in [1.807, 2.05) is 6.92 Å². The monoisotopic (exact) mass is 275 g/mol. The third kappa shape index (κ3) is 2.97. The summed E-state index contributed by atoms with van der Waals surface area (Å²) >= 11 is 0. The smallest absolute Gasteiger partial charge is 0.315 e. The number of hydrogen-bond donors (Lipinski definition) is 2. The molecule has 0 aliphatic rings. The van der Waals surface area contributed by atoms with Crippen molar-refractivity contribution in [3.05, 3.63) is 40.8 Å². The highest BCUT2D eigenvalue weighted by atomic mass is 16.5. The Morgan fingerprint density at radius 2 is 2.05 bits per heavy atom. The Labute approximate surface area is 114 Å². The maximum Gasteiger partial charge on any atom is 0.315 e. The molecule has 0 aliphatic carbocycles. The molecular weight excluding hydrogens is 262 g/mol. The van der Waals surface area contributed by atoms with E-state index in [2.05, 4.69) is 25.0 Å². The van der Waals surface area contributed by atoms with Crippen molar-refractivity contribution in [2.75, 3.05) is 0 Å². The highest BCUT2D eigenvalue weighted by Gasteiger charge is 2.14. The van der Waals surface area contributed by atoms with Crippen LogP contribution >= 0.6 is 0 Å². The number of nitrogens with one attached hydrogen (secondary N) is 1. The summed E-state index contributed by atoms with van der Waals surface area (Å²) in [6.07, 6.45) is 0. The average Bonchev–Trinajstić information content (AvgIpc) is 2.85. The molecule has 3 N–H and O–H groups in total. The van der Waals surface area contributed by atoms with Gasteiger partial charge in [-0.3, -0.25) is 14.6 Å². The van der Waals surface area contributed by atoms with Crippen LogP contribution in [0.5, 0.6) is 0 Å². The minimum Gasteiger partial charge on any atom is -0.361 e. The molecule has 20 heavy (non-hydrogen) atoms. The topological polar surface area (TPSA) is 124 Å². The van der Waals surface area contributed by atoms with Gasteiger partial charge in [-0.2, -0.15) is 4.98 Å². The Balaban J connectivity index is 2.02. The fourth-order valence-corrected chi connectivity index (χ4v) is 1.61. The molecule has 2 amide bonds. The van der Waals surface area contributed by atoms with Gasteiger partial charge in [-0.1, -0.05) is 5.16 Å². The molecule has 0 spiro atoms. The van der Waals surface area contributed by atoms with Gasteiger partial charge >= 0.3 is 11.8 Å². The Bertz CT molecular complexity index is 665. The number of carbonyl (C=O) groups excluding carboxylic acids is 2. The molecule has 8 nitrogen and oxygen atoms in total. The van der Waals surface area contributed by atoms with E-state index in [-0.39, 0.29) is 24.2 Å². The van der Waals surface area contributed by atoms with Crippen molar-refractivity contribution in [3.63, 3.8) is 0 Å². The predicted octanol–water partition coefficient (Wildman–Crippen LogP) is 0.110.